The Kier molecular flexibility index (Phi) is 2.37. The number of hydrogen-bond donors (Lipinski definition) is 1. The molecule has 0 radical (unpaired) electrons. The molecular weight excluding hydrogens is 226 g/mol. The van der Waals surface area contributed by atoms with E-state index >= 15 is 0 Å². The van der Waals surface area contributed by atoms with Crippen molar-refractivity contribution in [2.75, 3.05) is 0 Å². The predicted octanol–water partition coefficient (Wildman–Crippen LogP) is 2.27. The minimum atomic E-state index is -0.0743. The maximum absolute atomic E-state index is 12.0. The lowest BCUT2D eigenvalue weighted by Gasteiger charge is -2.12. The molecule has 4 heteroatoms. The minimum Gasteiger partial charge on any atom is -0.276 e. The van der Waals surface area contributed by atoms with Gasteiger partial charge >= 0.3 is 0 Å². The van der Waals surface area contributed by atoms with E-state index in [4.69, 9.17) is 0 Å². The third-order valence-electron chi connectivity index (χ3n) is 3.45. The van der Waals surface area contributed by atoms with Crippen LogP contribution in [0.5, 0.6) is 0 Å². The van der Waals surface area contributed by atoms with Gasteiger partial charge in [-0.1, -0.05) is 20.8 Å². The molecule has 3 rings (SSSR count). The molecule has 0 aromatic carbocycles. The summed E-state index contributed by atoms with van der Waals surface area (Å²) in [5, 5.41) is 3.09. The Morgan fingerprint density at radius 3 is 2.72 bits per heavy atom. The molecule has 0 amide bonds. The van der Waals surface area contributed by atoms with Gasteiger partial charge in [-0.3, -0.25) is 9.89 Å². The fraction of sp³-hybridized carbons (Fsp3) is 0.571. The quantitative estimate of drug-likeness (QED) is 0.882. The predicted molar refractivity (Wildman–Crippen MR) is 70.9 cm³/mol. The highest BCUT2D eigenvalue weighted by atomic mass is 16.1. The van der Waals surface area contributed by atoms with Gasteiger partial charge < -0.3 is 0 Å². The molecule has 0 atom stereocenters. The summed E-state index contributed by atoms with van der Waals surface area (Å²) in [6, 6.07) is 3.77. The first kappa shape index (κ1) is 11.5. The fourth-order valence-corrected chi connectivity index (χ4v) is 2.16. The number of aromatic nitrogens is 3. The number of pyridine rings is 1. The Hall–Kier alpha value is -1.58. The van der Waals surface area contributed by atoms with Crippen LogP contribution in [-0.4, -0.2) is 14.6 Å². The molecule has 4 nitrogen and oxygen atoms in total. The normalized spacial score (nSPS) is 16.4. The fourth-order valence-electron chi connectivity index (χ4n) is 2.16. The third-order valence-corrected chi connectivity index (χ3v) is 3.45. The standard InChI is InChI=1S/C14H19N3O/c1-14(2,3)13-15-11-7-10(6-9-4-5-9)8-12(18)17(11)16-13/h7-9H,4-6H2,1-3H3,(H,15,16). The molecule has 0 bridgehead atoms. The van der Waals surface area contributed by atoms with Crippen molar-refractivity contribution in [1.82, 2.24) is 14.6 Å². The van der Waals surface area contributed by atoms with E-state index in [1.54, 1.807) is 6.07 Å². The lowest BCUT2D eigenvalue weighted by molar-refractivity contribution is 0.544. The molecule has 0 spiro atoms. The van der Waals surface area contributed by atoms with Crippen LogP contribution in [0.3, 0.4) is 0 Å². The van der Waals surface area contributed by atoms with E-state index in [-0.39, 0.29) is 11.0 Å². The zero-order valence-corrected chi connectivity index (χ0v) is 11.2. The number of rotatable bonds is 2. The van der Waals surface area contributed by atoms with E-state index in [2.05, 4.69) is 30.9 Å². The summed E-state index contributed by atoms with van der Waals surface area (Å²) in [7, 11) is 0. The summed E-state index contributed by atoms with van der Waals surface area (Å²) in [6.07, 6.45) is 3.61. The highest BCUT2D eigenvalue weighted by Gasteiger charge is 2.23. The number of H-pyrrole nitrogens is 1. The molecule has 96 valence electrons. The van der Waals surface area contributed by atoms with E-state index < -0.39 is 0 Å². The van der Waals surface area contributed by atoms with Crippen molar-refractivity contribution in [3.63, 3.8) is 0 Å². The molecular formula is C14H19N3O. The lowest BCUT2D eigenvalue weighted by atomic mass is 9.96. The smallest absolute Gasteiger partial charge is 0.271 e. The van der Waals surface area contributed by atoms with Crippen LogP contribution in [0, 0.1) is 5.92 Å². The zero-order valence-electron chi connectivity index (χ0n) is 11.2. The van der Waals surface area contributed by atoms with Gasteiger partial charge in [-0.25, -0.2) is 9.50 Å². The van der Waals surface area contributed by atoms with Crippen LogP contribution in [0.1, 0.15) is 45.0 Å². The van der Waals surface area contributed by atoms with Crippen LogP contribution in [0.15, 0.2) is 16.9 Å². The lowest BCUT2D eigenvalue weighted by Crippen LogP contribution is -2.17. The molecule has 0 aliphatic heterocycles. The zero-order chi connectivity index (χ0) is 12.9. The Bertz CT molecular complexity index is 641. The summed E-state index contributed by atoms with van der Waals surface area (Å²) in [4.78, 5) is 16.6. The molecule has 0 unspecified atom stereocenters. The second-order valence-corrected chi connectivity index (χ2v) is 6.37. The van der Waals surface area contributed by atoms with Gasteiger partial charge in [0.25, 0.3) is 5.56 Å². The molecule has 1 N–H and O–H groups in total. The van der Waals surface area contributed by atoms with Crippen molar-refractivity contribution >= 4 is 5.65 Å². The first-order chi connectivity index (χ1) is 8.43. The number of nitrogens with one attached hydrogen (secondary N) is 1. The maximum atomic E-state index is 12.0. The highest BCUT2D eigenvalue weighted by molar-refractivity contribution is 5.41. The highest BCUT2D eigenvalue weighted by Crippen LogP contribution is 2.32. The Morgan fingerprint density at radius 1 is 1.39 bits per heavy atom. The van der Waals surface area contributed by atoms with Crippen molar-refractivity contribution in [1.29, 1.82) is 0 Å². The molecule has 1 aliphatic carbocycles. The Morgan fingerprint density at radius 2 is 2.11 bits per heavy atom. The maximum Gasteiger partial charge on any atom is 0.271 e. The van der Waals surface area contributed by atoms with E-state index in [1.165, 1.54) is 17.4 Å². The van der Waals surface area contributed by atoms with Crippen LogP contribution in [-0.2, 0) is 11.8 Å². The summed E-state index contributed by atoms with van der Waals surface area (Å²) in [5.74, 6) is 1.64. The second-order valence-electron chi connectivity index (χ2n) is 6.37. The number of hydrogen-bond acceptors (Lipinski definition) is 2. The molecule has 18 heavy (non-hydrogen) atoms. The van der Waals surface area contributed by atoms with Crippen molar-refractivity contribution in [3.8, 4) is 0 Å². The van der Waals surface area contributed by atoms with Gasteiger partial charge in [0, 0.05) is 11.5 Å². The van der Waals surface area contributed by atoms with E-state index in [0.717, 1.165) is 29.4 Å². The monoisotopic (exact) mass is 245 g/mol. The minimum absolute atomic E-state index is 0.00819. The van der Waals surface area contributed by atoms with E-state index in [9.17, 15) is 4.79 Å². The first-order valence-electron chi connectivity index (χ1n) is 6.56. The van der Waals surface area contributed by atoms with Crippen LogP contribution in [0.4, 0.5) is 0 Å². The Balaban J connectivity index is 2.09. The van der Waals surface area contributed by atoms with Gasteiger partial charge in [0.1, 0.15) is 5.82 Å². The van der Waals surface area contributed by atoms with Gasteiger partial charge in [0.05, 0.1) is 0 Å². The summed E-state index contributed by atoms with van der Waals surface area (Å²) in [5.41, 5.74) is 1.78. The van der Waals surface area contributed by atoms with Crippen molar-refractivity contribution in [2.45, 2.75) is 45.4 Å². The largest absolute Gasteiger partial charge is 0.276 e. The topological polar surface area (TPSA) is 50.2 Å². The van der Waals surface area contributed by atoms with Gasteiger partial charge in [-0.2, -0.15) is 0 Å². The van der Waals surface area contributed by atoms with Crippen molar-refractivity contribution < 1.29 is 0 Å². The average Bonchev–Trinajstić information content (AvgIpc) is 2.93. The molecule has 1 fully saturated rings. The van der Waals surface area contributed by atoms with E-state index in [1.807, 2.05) is 6.07 Å². The van der Waals surface area contributed by atoms with Crippen molar-refractivity contribution in [3.05, 3.63) is 33.9 Å². The molecule has 0 saturated heterocycles. The molecule has 1 saturated carbocycles. The molecule has 1 aliphatic rings. The molecule has 2 aromatic heterocycles. The number of nitrogens with zero attached hydrogens (tertiary/aromatic N) is 2. The van der Waals surface area contributed by atoms with Gasteiger partial charge in [-0.15, -0.1) is 0 Å². The summed E-state index contributed by atoms with van der Waals surface area (Å²) >= 11 is 0. The Labute approximate surface area is 106 Å². The number of fused-ring (bicyclic) bond motifs is 1. The second kappa shape index (κ2) is 3.70. The van der Waals surface area contributed by atoms with Crippen LogP contribution in [0.25, 0.3) is 5.65 Å². The molecule has 2 heterocycles. The average molecular weight is 245 g/mol. The van der Waals surface area contributed by atoms with Gasteiger partial charge in [0.2, 0.25) is 0 Å². The van der Waals surface area contributed by atoms with Gasteiger partial charge in [-0.05, 0) is 36.8 Å². The van der Waals surface area contributed by atoms with Crippen LogP contribution < -0.4 is 5.56 Å². The summed E-state index contributed by atoms with van der Waals surface area (Å²) in [6.45, 7) is 6.25. The number of aromatic amines is 1. The SMILES string of the molecule is CC(C)(C)c1nc2cc(CC3CC3)cc(=O)n2[nH]1. The molecule has 2 aromatic rings. The van der Waals surface area contributed by atoms with Crippen LogP contribution in [0.2, 0.25) is 0 Å². The van der Waals surface area contributed by atoms with E-state index in [0.29, 0.717) is 0 Å². The van der Waals surface area contributed by atoms with Crippen LogP contribution >= 0.6 is 0 Å². The summed E-state index contributed by atoms with van der Waals surface area (Å²) < 4.78 is 1.54. The van der Waals surface area contributed by atoms with Crippen molar-refractivity contribution in [2.24, 2.45) is 5.92 Å². The third kappa shape index (κ3) is 2.07. The van der Waals surface area contributed by atoms with Gasteiger partial charge in [0.15, 0.2) is 5.65 Å². The first-order valence-corrected chi connectivity index (χ1v) is 6.56.